The molecule has 0 amide bonds. The molecule has 0 radical (unpaired) electrons. The summed E-state index contributed by atoms with van der Waals surface area (Å²) < 4.78 is 11.6. The van der Waals surface area contributed by atoms with Gasteiger partial charge in [-0.05, 0) is 65.5 Å². The summed E-state index contributed by atoms with van der Waals surface area (Å²) in [5.41, 5.74) is 0.199. The van der Waals surface area contributed by atoms with Crippen molar-refractivity contribution in [3.8, 4) is 0 Å². The van der Waals surface area contributed by atoms with Gasteiger partial charge in [-0.2, -0.15) is 0 Å². The van der Waals surface area contributed by atoms with Crippen LogP contribution in [0.4, 0.5) is 0 Å². The Morgan fingerprint density at radius 1 is 0.350 bits per heavy atom. The quantitative estimate of drug-likeness (QED) is 0.0489. The average Bonchev–Trinajstić information content (AvgIpc) is 3.31. The second-order valence-electron chi connectivity index (χ2n) is 13.7. The third-order valence-electron chi connectivity index (χ3n) is 10.3. The smallest absolute Gasteiger partial charge is 0.343 e. The van der Waals surface area contributed by atoms with Gasteiger partial charge in [0.05, 0.1) is 13.2 Å². The van der Waals surface area contributed by atoms with Gasteiger partial charge in [-0.3, -0.25) is 9.59 Å². The van der Waals surface area contributed by atoms with Gasteiger partial charge in [0.2, 0.25) is 11.6 Å². The topological polar surface area (TPSA) is 86.7 Å². The fourth-order valence-electron chi connectivity index (χ4n) is 7.82. The van der Waals surface area contributed by atoms with Gasteiger partial charge in [0.1, 0.15) is 10.6 Å². The van der Waals surface area contributed by atoms with Crippen molar-refractivity contribution in [1.82, 2.24) is 0 Å². The van der Waals surface area contributed by atoms with E-state index in [-0.39, 0.29) is 34.9 Å². The fraction of sp³-hybridized carbons (Fsp3) is 0.0769. The van der Waals surface area contributed by atoms with E-state index in [1.165, 1.54) is 6.07 Å². The molecule has 60 heavy (non-hydrogen) atoms. The van der Waals surface area contributed by atoms with Crippen molar-refractivity contribution in [3.63, 3.8) is 0 Å². The van der Waals surface area contributed by atoms with Crippen molar-refractivity contribution in [3.05, 3.63) is 217 Å². The average molecular weight is 827 g/mol. The maximum Gasteiger partial charge on any atom is 0.343 e. The molecule has 7 aromatic rings. The summed E-state index contributed by atoms with van der Waals surface area (Å²) in [7, 11) is 0. The standard InChI is InChI=1S/C52H44O6P2/c1-3-57-51(55)49(59(41-26-11-5-12-27-41,42-28-13-6-14-29-42)43-30-15-7-16-31-43)47(53)39-24-23-25-40(38-39)48(54)50(52(56)58-4-2)60(44-32-17-8-18-33-44,45-34-19-9-20-35-45)46-36-21-10-22-37-46/h5-38H,3-4H2,1-2H3. The lowest BCUT2D eigenvalue weighted by Gasteiger charge is -2.32. The van der Waals surface area contributed by atoms with Crippen LogP contribution in [0.3, 0.4) is 0 Å². The van der Waals surface area contributed by atoms with Crippen LogP contribution < -0.4 is 31.8 Å². The summed E-state index contributed by atoms with van der Waals surface area (Å²) in [4.78, 5) is 60.4. The van der Waals surface area contributed by atoms with E-state index in [2.05, 4.69) is 0 Å². The lowest BCUT2D eigenvalue weighted by molar-refractivity contribution is -0.135. The zero-order valence-corrected chi connectivity index (χ0v) is 35.2. The van der Waals surface area contributed by atoms with Crippen molar-refractivity contribution in [1.29, 1.82) is 0 Å². The van der Waals surface area contributed by atoms with E-state index in [9.17, 15) is 9.59 Å². The molecule has 0 spiro atoms. The van der Waals surface area contributed by atoms with Crippen LogP contribution in [0.25, 0.3) is 0 Å². The van der Waals surface area contributed by atoms with Gasteiger partial charge in [-0.15, -0.1) is 0 Å². The first-order valence-corrected chi connectivity index (χ1v) is 23.4. The number of carbonyl (C=O) groups is 4. The van der Waals surface area contributed by atoms with Crippen molar-refractivity contribution in [2.24, 2.45) is 0 Å². The van der Waals surface area contributed by atoms with Crippen LogP contribution in [0, 0.1) is 0 Å². The van der Waals surface area contributed by atoms with Crippen molar-refractivity contribution in [2.75, 3.05) is 13.2 Å². The van der Waals surface area contributed by atoms with E-state index in [4.69, 9.17) is 9.47 Å². The van der Waals surface area contributed by atoms with E-state index in [1.807, 2.05) is 182 Å². The zero-order valence-electron chi connectivity index (χ0n) is 33.4. The Kier molecular flexibility index (Phi) is 13.2. The van der Waals surface area contributed by atoms with Crippen LogP contribution in [0.15, 0.2) is 206 Å². The highest BCUT2D eigenvalue weighted by atomic mass is 31.2. The van der Waals surface area contributed by atoms with E-state index in [1.54, 1.807) is 32.0 Å². The van der Waals surface area contributed by atoms with Gasteiger partial charge in [0.25, 0.3) is 0 Å². The van der Waals surface area contributed by atoms with Crippen molar-refractivity contribution < 1.29 is 28.7 Å². The molecule has 0 N–H and O–H groups in total. The highest BCUT2D eigenvalue weighted by Crippen LogP contribution is 2.48. The Labute approximate surface area is 351 Å². The predicted molar refractivity (Wildman–Crippen MR) is 249 cm³/mol. The minimum absolute atomic E-state index is 0.0353. The fourth-order valence-corrected chi connectivity index (χ4v) is 16.4. The van der Waals surface area contributed by atoms with Crippen molar-refractivity contribution in [2.45, 2.75) is 13.8 Å². The first kappa shape index (κ1) is 41.6. The molecular weight excluding hydrogens is 783 g/mol. The summed E-state index contributed by atoms with van der Waals surface area (Å²) in [6.07, 6.45) is 0. The largest absolute Gasteiger partial charge is 0.462 e. The van der Waals surface area contributed by atoms with E-state index >= 15 is 9.59 Å². The first-order chi connectivity index (χ1) is 29.4. The minimum atomic E-state index is -3.27. The maximum absolute atomic E-state index is 15.6. The zero-order chi connectivity index (χ0) is 42.0. The number of hydrogen-bond donors (Lipinski definition) is 0. The van der Waals surface area contributed by atoms with Gasteiger partial charge in [0, 0.05) is 11.1 Å². The monoisotopic (exact) mass is 826 g/mol. The van der Waals surface area contributed by atoms with Crippen LogP contribution in [0.1, 0.15) is 34.6 Å². The van der Waals surface area contributed by atoms with Gasteiger partial charge in [-0.25, -0.2) is 9.59 Å². The Bertz CT molecular complexity index is 2340. The number of esters is 2. The lowest BCUT2D eigenvalue weighted by atomic mass is 10.0. The molecule has 0 heterocycles. The van der Waals surface area contributed by atoms with Crippen LogP contribution in [0.5, 0.6) is 0 Å². The van der Waals surface area contributed by atoms with Crippen LogP contribution >= 0.6 is 13.8 Å². The summed E-state index contributed by atoms with van der Waals surface area (Å²) >= 11 is 0. The molecule has 0 unspecified atom stereocenters. The normalized spacial score (nSPS) is 11.2. The maximum atomic E-state index is 15.6. The molecular formula is C52H44O6P2. The molecule has 7 rings (SSSR count). The Hall–Kier alpha value is -6.58. The molecule has 0 fully saturated rings. The number of ketones is 2. The van der Waals surface area contributed by atoms with Crippen LogP contribution in [-0.2, 0) is 19.1 Å². The minimum Gasteiger partial charge on any atom is -0.462 e. The molecule has 0 atom stereocenters. The molecule has 0 aliphatic carbocycles. The lowest BCUT2D eigenvalue weighted by Crippen LogP contribution is -2.39. The summed E-state index contributed by atoms with van der Waals surface area (Å²) in [6.45, 7) is -3.04. The summed E-state index contributed by atoms with van der Waals surface area (Å²) in [5.74, 6) is -2.66. The van der Waals surface area contributed by atoms with Crippen LogP contribution in [0.2, 0.25) is 0 Å². The molecule has 298 valence electrons. The molecule has 0 aliphatic rings. The molecule has 0 saturated heterocycles. The van der Waals surface area contributed by atoms with E-state index in [0.717, 1.165) is 31.8 Å². The third-order valence-corrected chi connectivity index (χ3v) is 18.8. The third kappa shape index (κ3) is 7.80. The predicted octanol–water partition coefficient (Wildman–Crippen LogP) is 7.51. The molecule has 0 bridgehead atoms. The second-order valence-corrected chi connectivity index (χ2v) is 20.4. The summed E-state index contributed by atoms with van der Waals surface area (Å²) in [6, 6.07) is 63.8. The highest BCUT2D eigenvalue weighted by molar-refractivity contribution is 7.98. The number of carbonyl (C=O) groups excluding carboxylic acids is 4. The molecule has 6 nitrogen and oxygen atoms in total. The van der Waals surface area contributed by atoms with Gasteiger partial charge in [0.15, 0.2) is 0 Å². The molecule has 8 heteroatoms. The van der Waals surface area contributed by atoms with Gasteiger partial charge in [-0.1, -0.05) is 200 Å². The van der Waals surface area contributed by atoms with Crippen LogP contribution in [-0.4, -0.2) is 47.3 Å². The Morgan fingerprint density at radius 3 is 0.800 bits per heavy atom. The number of ether oxygens (including phenoxy) is 2. The first-order valence-electron chi connectivity index (χ1n) is 19.8. The number of benzene rings is 7. The van der Waals surface area contributed by atoms with Gasteiger partial charge < -0.3 is 9.47 Å². The second kappa shape index (κ2) is 19.0. The Morgan fingerprint density at radius 2 is 0.583 bits per heavy atom. The summed E-state index contributed by atoms with van der Waals surface area (Å²) in [5, 5.41) is 4.64. The molecule has 0 saturated carbocycles. The van der Waals surface area contributed by atoms with E-state index in [0.29, 0.717) is 0 Å². The van der Waals surface area contributed by atoms with Crippen molar-refractivity contribution >= 4 is 79.7 Å². The molecule has 0 aliphatic heterocycles. The number of rotatable bonds is 14. The molecule has 0 aromatic heterocycles. The SMILES string of the molecule is CCOC(=O)C(C(=O)c1cccc(C(=O)C(C(=O)OCC)=P(c2ccccc2)(c2ccccc2)c2ccccc2)c1)=P(c1ccccc1)(c1ccccc1)c1ccccc1. The van der Waals surface area contributed by atoms with E-state index < -0.39 is 37.3 Å². The number of hydrogen-bond acceptors (Lipinski definition) is 6. The van der Waals surface area contributed by atoms with Gasteiger partial charge >= 0.3 is 11.9 Å². The molecule has 7 aromatic carbocycles. The Balaban J connectivity index is 1.57. The highest BCUT2D eigenvalue weighted by Gasteiger charge is 2.40. The number of Topliss-reactive ketones (excluding diaryl/α,β-unsaturated/α-hetero) is 2.